The zero-order chi connectivity index (χ0) is 9.90. The molecule has 0 aromatic rings. The summed E-state index contributed by atoms with van der Waals surface area (Å²) in [6.45, 7) is 2.49. The van der Waals surface area contributed by atoms with Crippen molar-refractivity contribution in [2.75, 3.05) is 13.6 Å². The highest BCUT2D eigenvalue weighted by Gasteiger charge is 2.32. The van der Waals surface area contributed by atoms with Crippen molar-refractivity contribution in [3.8, 4) is 6.07 Å². The normalized spacial score (nSPS) is 23.0. The van der Waals surface area contributed by atoms with Crippen LogP contribution in [0.4, 0.5) is 0 Å². The molecule has 0 heterocycles. The van der Waals surface area contributed by atoms with E-state index in [1.165, 1.54) is 0 Å². The summed E-state index contributed by atoms with van der Waals surface area (Å²) in [6.07, 6.45) is 4.00. The van der Waals surface area contributed by atoms with Crippen molar-refractivity contribution in [2.45, 2.75) is 44.2 Å². The molecule has 0 radical (unpaired) electrons. The third kappa shape index (κ3) is 2.68. The molecule has 0 bridgehead atoms. The van der Waals surface area contributed by atoms with Gasteiger partial charge in [0.15, 0.2) is 0 Å². The van der Waals surface area contributed by atoms with Crippen LogP contribution < -0.4 is 0 Å². The van der Waals surface area contributed by atoms with Crippen LogP contribution in [-0.4, -0.2) is 35.2 Å². The second kappa shape index (κ2) is 4.08. The average molecular weight is 182 g/mol. The molecule has 0 aliphatic heterocycles. The third-order valence-corrected chi connectivity index (χ3v) is 2.93. The second-order valence-corrected chi connectivity index (χ2v) is 4.15. The monoisotopic (exact) mass is 182 g/mol. The Balaban J connectivity index is 2.43. The zero-order valence-corrected chi connectivity index (χ0v) is 8.45. The van der Waals surface area contributed by atoms with Gasteiger partial charge in [0, 0.05) is 6.54 Å². The van der Waals surface area contributed by atoms with Crippen LogP contribution in [0.15, 0.2) is 0 Å². The van der Waals surface area contributed by atoms with E-state index in [0.717, 1.165) is 25.7 Å². The maximum Gasteiger partial charge on any atom is 0.0947 e. The molecule has 1 aliphatic rings. The Kier molecular flexibility index (Phi) is 3.29. The second-order valence-electron chi connectivity index (χ2n) is 4.15. The van der Waals surface area contributed by atoms with E-state index in [2.05, 4.69) is 6.07 Å². The van der Waals surface area contributed by atoms with Crippen molar-refractivity contribution in [1.29, 1.82) is 5.26 Å². The molecule has 1 rings (SSSR count). The van der Waals surface area contributed by atoms with E-state index in [-0.39, 0.29) is 6.04 Å². The van der Waals surface area contributed by atoms with Gasteiger partial charge < -0.3 is 5.11 Å². The van der Waals surface area contributed by atoms with Gasteiger partial charge in [-0.25, -0.2) is 0 Å². The van der Waals surface area contributed by atoms with Crippen molar-refractivity contribution >= 4 is 0 Å². The SMILES string of the molecule is CC(C#N)N(C)CC1(O)CCCC1. The van der Waals surface area contributed by atoms with E-state index in [4.69, 9.17) is 5.26 Å². The molecule has 0 aromatic heterocycles. The van der Waals surface area contributed by atoms with E-state index in [0.29, 0.717) is 6.54 Å². The molecular formula is C10H18N2O. The topological polar surface area (TPSA) is 47.3 Å². The number of nitriles is 1. The number of rotatable bonds is 3. The van der Waals surface area contributed by atoms with Crippen LogP contribution in [0.5, 0.6) is 0 Å². The van der Waals surface area contributed by atoms with Crippen molar-refractivity contribution in [3.05, 3.63) is 0 Å². The molecule has 0 aromatic carbocycles. The number of aliphatic hydroxyl groups is 1. The minimum absolute atomic E-state index is 0.107. The molecule has 13 heavy (non-hydrogen) atoms. The first-order valence-electron chi connectivity index (χ1n) is 4.90. The Bertz CT molecular complexity index is 203. The molecule has 3 nitrogen and oxygen atoms in total. The summed E-state index contributed by atoms with van der Waals surface area (Å²) in [6, 6.07) is 2.06. The van der Waals surface area contributed by atoms with E-state index >= 15 is 0 Å². The molecule has 3 heteroatoms. The molecule has 74 valence electrons. The molecule has 1 N–H and O–H groups in total. The lowest BCUT2D eigenvalue weighted by atomic mass is 10.0. The lowest BCUT2D eigenvalue weighted by Gasteiger charge is -2.29. The molecule has 0 spiro atoms. The smallest absolute Gasteiger partial charge is 0.0947 e. The fourth-order valence-electron chi connectivity index (χ4n) is 1.89. The summed E-state index contributed by atoms with van der Waals surface area (Å²) in [7, 11) is 1.89. The predicted octanol–water partition coefficient (Wildman–Crippen LogP) is 1.14. The molecule has 1 unspecified atom stereocenters. The maximum atomic E-state index is 10.1. The van der Waals surface area contributed by atoms with Gasteiger partial charge in [0.25, 0.3) is 0 Å². The van der Waals surface area contributed by atoms with Crippen molar-refractivity contribution in [1.82, 2.24) is 4.90 Å². The molecule has 0 saturated heterocycles. The van der Waals surface area contributed by atoms with Crippen molar-refractivity contribution < 1.29 is 5.11 Å². The minimum atomic E-state index is -0.528. The number of hydrogen-bond donors (Lipinski definition) is 1. The first-order valence-corrected chi connectivity index (χ1v) is 4.90. The fourth-order valence-corrected chi connectivity index (χ4v) is 1.89. The van der Waals surface area contributed by atoms with Crippen LogP contribution in [0.3, 0.4) is 0 Å². The number of hydrogen-bond acceptors (Lipinski definition) is 3. The number of nitrogens with zero attached hydrogens (tertiary/aromatic N) is 2. The Morgan fingerprint density at radius 1 is 1.54 bits per heavy atom. The zero-order valence-electron chi connectivity index (χ0n) is 8.45. The average Bonchev–Trinajstić information content (AvgIpc) is 2.50. The highest BCUT2D eigenvalue weighted by Crippen LogP contribution is 2.30. The van der Waals surface area contributed by atoms with Crippen LogP contribution in [0, 0.1) is 11.3 Å². The van der Waals surface area contributed by atoms with Crippen LogP contribution in [-0.2, 0) is 0 Å². The standard InChI is InChI=1S/C10H18N2O/c1-9(7-11)12(2)8-10(13)5-3-4-6-10/h9,13H,3-6,8H2,1-2H3. The summed E-state index contributed by atoms with van der Waals surface area (Å²) in [5.41, 5.74) is -0.528. The van der Waals surface area contributed by atoms with Gasteiger partial charge in [0.2, 0.25) is 0 Å². The fraction of sp³-hybridized carbons (Fsp3) is 0.900. The maximum absolute atomic E-state index is 10.1. The van der Waals surface area contributed by atoms with Crippen molar-refractivity contribution in [3.63, 3.8) is 0 Å². The minimum Gasteiger partial charge on any atom is -0.389 e. The summed E-state index contributed by atoms with van der Waals surface area (Å²) in [5, 5.41) is 18.7. The summed E-state index contributed by atoms with van der Waals surface area (Å²) < 4.78 is 0. The summed E-state index contributed by atoms with van der Waals surface area (Å²) in [4.78, 5) is 1.92. The number of likely N-dealkylation sites (N-methyl/N-ethyl adjacent to an activating group) is 1. The van der Waals surface area contributed by atoms with Gasteiger partial charge in [0.1, 0.15) is 0 Å². The van der Waals surface area contributed by atoms with E-state index in [1.54, 1.807) is 0 Å². The van der Waals surface area contributed by atoms with Crippen LogP contribution in [0.2, 0.25) is 0 Å². The van der Waals surface area contributed by atoms with Crippen molar-refractivity contribution in [2.24, 2.45) is 0 Å². The van der Waals surface area contributed by atoms with Gasteiger partial charge in [-0.1, -0.05) is 12.8 Å². The van der Waals surface area contributed by atoms with Gasteiger partial charge >= 0.3 is 0 Å². The van der Waals surface area contributed by atoms with Crippen LogP contribution in [0.1, 0.15) is 32.6 Å². The van der Waals surface area contributed by atoms with Gasteiger partial charge in [0.05, 0.1) is 17.7 Å². The Morgan fingerprint density at radius 2 is 2.08 bits per heavy atom. The Hall–Kier alpha value is -0.590. The largest absolute Gasteiger partial charge is 0.389 e. The molecule has 0 amide bonds. The highest BCUT2D eigenvalue weighted by molar-refractivity contribution is 4.92. The van der Waals surface area contributed by atoms with Gasteiger partial charge in [-0.3, -0.25) is 4.90 Å². The molecule has 1 fully saturated rings. The molecule has 1 atom stereocenters. The first-order chi connectivity index (χ1) is 6.07. The lowest BCUT2D eigenvalue weighted by Crippen LogP contribution is -2.42. The quantitative estimate of drug-likeness (QED) is 0.712. The van der Waals surface area contributed by atoms with Gasteiger partial charge in [-0.05, 0) is 26.8 Å². The Labute approximate surface area is 80.0 Å². The Morgan fingerprint density at radius 3 is 2.54 bits per heavy atom. The summed E-state index contributed by atoms with van der Waals surface area (Å²) >= 11 is 0. The third-order valence-electron chi connectivity index (χ3n) is 2.93. The highest BCUT2D eigenvalue weighted by atomic mass is 16.3. The van der Waals surface area contributed by atoms with E-state index in [1.807, 2.05) is 18.9 Å². The molecular weight excluding hydrogens is 164 g/mol. The van der Waals surface area contributed by atoms with Gasteiger partial charge in [-0.2, -0.15) is 5.26 Å². The summed E-state index contributed by atoms with van der Waals surface area (Å²) in [5.74, 6) is 0. The van der Waals surface area contributed by atoms with E-state index < -0.39 is 5.60 Å². The molecule has 1 aliphatic carbocycles. The van der Waals surface area contributed by atoms with Crippen LogP contribution in [0.25, 0.3) is 0 Å². The van der Waals surface area contributed by atoms with E-state index in [9.17, 15) is 5.11 Å². The lowest BCUT2D eigenvalue weighted by molar-refractivity contribution is 0.0123. The molecule has 1 saturated carbocycles. The predicted molar refractivity (Wildman–Crippen MR) is 51.1 cm³/mol. The van der Waals surface area contributed by atoms with Crippen LogP contribution >= 0.6 is 0 Å². The van der Waals surface area contributed by atoms with Gasteiger partial charge in [-0.15, -0.1) is 0 Å². The first kappa shape index (κ1) is 10.5.